The zero-order valence-corrected chi connectivity index (χ0v) is 32.7. The summed E-state index contributed by atoms with van der Waals surface area (Å²) >= 11 is 0. The summed E-state index contributed by atoms with van der Waals surface area (Å²) in [7, 11) is 0. The highest BCUT2D eigenvalue weighted by Gasteiger charge is 2.19. The lowest BCUT2D eigenvalue weighted by Gasteiger charge is -2.19. The van der Waals surface area contributed by atoms with E-state index in [1.54, 1.807) is 97.1 Å². The van der Waals surface area contributed by atoms with E-state index in [1.165, 1.54) is 0 Å². The quantitative estimate of drug-likeness (QED) is 0.0181. The van der Waals surface area contributed by atoms with E-state index >= 15 is 0 Å². The number of ether oxygens (including phenoxy) is 4. The molecule has 5 rings (SSSR count). The molecule has 20 heteroatoms. The summed E-state index contributed by atoms with van der Waals surface area (Å²) in [5.74, 6) is -2.44. The van der Waals surface area contributed by atoms with Gasteiger partial charge in [-0.15, -0.1) is 0 Å². The molecular weight excluding hydrogens is 801 g/mol. The second-order valence-electron chi connectivity index (χ2n) is 12.6. The predicted molar refractivity (Wildman–Crippen MR) is 225 cm³/mol. The summed E-state index contributed by atoms with van der Waals surface area (Å²) < 4.78 is 20.9. The summed E-state index contributed by atoms with van der Waals surface area (Å²) in [5.41, 5.74) is 40.7. The number of azide groups is 4. The smallest absolute Gasteiger partial charge is 0.338 e. The Labute approximate surface area is 352 Å². The number of hydrogen-bond donors (Lipinski definition) is 0. The SMILES string of the molecule is [N-]=[N+]=NCCOC(=O)c1ccc(-c2cc(-c3ccc(C(=O)OCCN=[N+]=[N-])cc3)c(-c3ccc(C(=O)OCCN=[N+]=[N-])cc3)cc2-c2ccc(C(=O)OCCN=[N+]=[N-])cc2)cc1. The molecule has 0 aliphatic carbocycles. The fourth-order valence-corrected chi connectivity index (χ4v) is 5.93. The monoisotopic (exact) mass is 834 g/mol. The molecule has 0 atom stereocenters. The van der Waals surface area contributed by atoms with Gasteiger partial charge in [-0.05, 0) is 127 Å². The van der Waals surface area contributed by atoms with Crippen LogP contribution in [0.25, 0.3) is 86.3 Å². The van der Waals surface area contributed by atoms with Crippen LogP contribution >= 0.6 is 0 Å². The molecular formula is C42H34N12O8. The molecule has 0 radical (unpaired) electrons. The molecule has 62 heavy (non-hydrogen) atoms. The van der Waals surface area contributed by atoms with Crippen LogP contribution in [0.5, 0.6) is 0 Å². The van der Waals surface area contributed by atoms with Gasteiger partial charge in [-0.2, -0.15) is 0 Å². The van der Waals surface area contributed by atoms with Crippen LogP contribution in [0.4, 0.5) is 0 Å². The average Bonchev–Trinajstić information content (AvgIpc) is 3.31. The van der Waals surface area contributed by atoms with Crippen LogP contribution in [0.2, 0.25) is 0 Å². The minimum Gasteiger partial charge on any atom is -0.462 e. The molecule has 5 aromatic rings. The standard InChI is InChI=1S/C42H34N12O8/c43-51-47-17-21-59-39(55)31-9-1-27(2-10-31)35-25-37(29-5-13-33(14-6-29)41(57)61-23-19-49-53-45)38(30-7-15-34(16-8-30)42(58)62-24-20-50-54-46)26-36(35)28-3-11-32(12-4-28)40(56)60-22-18-48-52-44/h1-16,25-26H,17-24H2. The number of benzene rings is 5. The first-order valence-electron chi connectivity index (χ1n) is 18.6. The summed E-state index contributed by atoms with van der Waals surface area (Å²) in [6, 6.07) is 30.7. The van der Waals surface area contributed by atoms with Gasteiger partial charge in [0.1, 0.15) is 0 Å². The summed E-state index contributed by atoms with van der Waals surface area (Å²) in [6.07, 6.45) is 0. The zero-order chi connectivity index (χ0) is 44.1. The lowest BCUT2D eigenvalue weighted by Crippen LogP contribution is -2.08. The molecule has 0 aliphatic rings. The van der Waals surface area contributed by atoms with Gasteiger partial charge in [0.2, 0.25) is 0 Å². The van der Waals surface area contributed by atoms with Crippen molar-refractivity contribution in [3.05, 3.63) is 173 Å². The van der Waals surface area contributed by atoms with Gasteiger partial charge in [0.25, 0.3) is 0 Å². The Bertz CT molecular complexity index is 2250. The topological polar surface area (TPSA) is 300 Å². The van der Waals surface area contributed by atoms with Crippen LogP contribution in [0, 0.1) is 0 Å². The van der Waals surface area contributed by atoms with Crippen molar-refractivity contribution >= 4 is 23.9 Å². The third kappa shape index (κ3) is 12.1. The highest BCUT2D eigenvalue weighted by atomic mass is 16.5. The summed E-state index contributed by atoms with van der Waals surface area (Å²) in [6.45, 7) is -0.448. The van der Waals surface area contributed by atoms with Crippen molar-refractivity contribution < 1.29 is 38.1 Å². The molecule has 0 saturated heterocycles. The van der Waals surface area contributed by atoms with E-state index in [0.29, 0.717) is 44.5 Å². The van der Waals surface area contributed by atoms with Gasteiger partial charge in [-0.25, -0.2) is 19.2 Å². The Morgan fingerprint density at radius 1 is 0.355 bits per heavy atom. The number of nitrogens with zero attached hydrogens (tertiary/aromatic N) is 12. The van der Waals surface area contributed by atoms with Crippen LogP contribution in [-0.4, -0.2) is 76.5 Å². The molecule has 0 amide bonds. The Kier molecular flexibility index (Phi) is 16.4. The van der Waals surface area contributed by atoms with Crippen LogP contribution in [-0.2, 0) is 18.9 Å². The van der Waals surface area contributed by atoms with Gasteiger partial charge in [-0.1, -0.05) is 69.0 Å². The molecule has 310 valence electrons. The van der Waals surface area contributed by atoms with Crippen molar-refractivity contribution in [2.75, 3.05) is 52.6 Å². The van der Waals surface area contributed by atoms with Crippen LogP contribution < -0.4 is 0 Å². The average molecular weight is 835 g/mol. The van der Waals surface area contributed by atoms with Gasteiger partial charge in [0.05, 0.1) is 74.9 Å². The zero-order valence-electron chi connectivity index (χ0n) is 32.7. The van der Waals surface area contributed by atoms with E-state index < -0.39 is 23.9 Å². The molecule has 20 nitrogen and oxygen atoms in total. The van der Waals surface area contributed by atoms with Gasteiger partial charge in [-0.3, -0.25) is 0 Å². The fraction of sp³-hybridized carbons (Fsp3) is 0.190. The molecule has 0 aliphatic heterocycles. The molecule has 0 unspecified atom stereocenters. The minimum absolute atomic E-state index is 0.0175. The molecule has 0 heterocycles. The summed E-state index contributed by atoms with van der Waals surface area (Å²) in [5, 5.41) is 13.5. The van der Waals surface area contributed by atoms with E-state index in [2.05, 4.69) is 40.1 Å². The lowest BCUT2D eigenvalue weighted by atomic mass is 9.85. The van der Waals surface area contributed by atoms with Crippen LogP contribution in [0.3, 0.4) is 0 Å². The number of rotatable bonds is 20. The maximum Gasteiger partial charge on any atom is 0.338 e. The van der Waals surface area contributed by atoms with E-state index in [9.17, 15) is 19.2 Å². The second-order valence-corrected chi connectivity index (χ2v) is 12.6. The lowest BCUT2D eigenvalue weighted by molar-refractivity contribution is 0.0508. The van der Waals surface area contributed by atoms with Crippen molar-refractivity contribution in [1.82, 2.24) is 0 Å². The van der Waals surface area contributed by atoms with E-state index in [4.69, 9.17) is 41.1 Å². The molecule has 0 N–H and O–H groups in total. The largest absolute Gasteiger partial charge is 0.462 e. The van der Waals surface area contributed by atoms with Gasteiger partial charge >= 0.3 is 23.9 Å². The highest BCUT2D eigenvalue weighted by Crippen LogP contribution is 2.42. The first-order chi connectivity index (χ1) is 30.3. The third-order valence-electron chi connectivity index (χ3n) is 8.83. The molecule has 0 aromatic heterocycles. The summed E-state index contributed by atoms with van der Waals surface area (Å²) in [4.78, 5) is 61.7. The molecule has 5 aromatic carbocycles. The Morgan fingerprint density at radius 2 is 0.548 bits per heavy atom. The molecule has 0 spiro atoms. The maximum absolute atomic E-state index is 12.8. The normalized spacial score (nSPS) is 10.1. The number of esters is 4. The van der Waals surface area contributed by atoms with Crippen LogP contribution in [0.1, 0.15) is 41.4 Å². The van der Waals surface area contributed by atoms with Crippen molar-refractivity contribution in [3.8, 4) is 44.5 Å². The van der Waals surface area contributed by atoms with Gasteiger partial charge in [0, 0.05) is 19.6 Å². The molecule has 0 saturated carbocycles. The molecule has 0 bridgehead atoms. The van der Waals surface area contributed by atoms with Gasteiger partial charge in [0.15, 0.2) is 0 Å². The Morgan fingerprint density at radius 3 is 0.726 bits per heavy atom. The van der Waals surface area contributed by atoms with E-state index in [1.807, 2.05) is 12.1 Å². The molecule has 0 fully saturated rings. The van der Waals surface area contributed by atoms with Crippen molar-refractivity contribution in [2.45, 2.75) is 0 Å². The van der Waals surface area contributed by atoms with Gasteiger partial charge < -0.3 is 18.9 Å². The Balaban J connectivity index is 1.63. The number of carbonyl (C=O) groups excluding carboxylic acids is 4. The maximum atomic E-state index is 12.8. The van der Waals surface area contributed by atoms with Crippen LogP contribution in [0.15, 0.2) is 130 Å². The predicted octanol–water partition coefficient (Wildman–Crippen LogP) is 10.2. The number of hydrogen-bond acceptors (Lipinski definition) is 12. The number of carbonyl (C=O) groups is 4. The van der Waals surface area contributed by atoms with Crippen molar-refractivity contribution in [3.63, 3.8) is 0 Å². The Hall–Kier alpha value is -8.78. The fourth-order valence-electron chi connectivity index (χ4n) is 5.93. The first kappa shape index (κ1) is 44.3. The van der Waals surface area contributed by atoms with Crippen molar-refractivity contribution in [2.24, 2.45) is 20.5 Å². The third-order valence-corrected chi connectivity index (χ3v) is 8.83. The minimum atomic E-state index is -0.609. The van der Waals surface area contributed by atoms with Crippen molar-refractivity contribution in [1.29, 1.82) is 0 Å². The first-order valence-corrected chi connectivity index (χ1v) is 18.6. The van der Waals surface area contributed by atoms with E-state index in [-0.39, 0.29) is 74.9 Å². The highest BCUT2D eigenvalue weighted by molar-refractivity contribution is 5.98. The van der Waals surface area contributed by atoms with E-state index in [0.717, 1.165) is 0 Å². The second kappa shape index (κ2) is 23.0.